The fourth-order valence-electron chi connectivity index (χ4n) is 4.62. The average molecular weight is 571 g/mol. The first-order valence-electron chi connectivity index (χ1n) is 12.4. The maximum Gasteiger partial charge on any atom is 0.406 e. The summed E-state index contributed by atoms with van der Waals surface area (Å²) in [5, 5.41) is 10.8. The third kappa shape index (κ3) is 5.85. The highest BCUT2D eigenvalue weighted by Crippen LogP contribution is 2.35. The zero-order valence-electron chi connectivity index (χ0n) is 21.9. The molecule has 1 aliphatic rings. The molecular weight excluding hydrogens is 546 g/mol. The second-order valence-electron chi connectivity index (χ2n) is 9.40. The van der Waals surface area contributed by atoms with Crippen LogP contribution in [0.3, 0.4) is 0 Å². The zero-order valence-corrected chi connectivity index (χ0v) is 21.9. The molecule has 10 nitrogen and oxygen atoms in total. The molecule has 2 aromatic heterocycles. The molecule has 5 rings (SSSR count). The van der Waals surface area contributed by atoms with E-state index in [1.165, 1.54) is 42.5 Å². The quantitative estimate of drug-likeness (QED) is 0.280. The Morgan fingerprint density at radius 2 is 2.02 bits per heavy atom. The van der Waals surface area contributed by atoms with Gasteiger partial charge in [0.2, 0.25) is 0 Å². The number of fused-ring (bicyclic) bond motifs is 1. The third-order valence-electron chi connectivity index (χ3n) is 6.60. The van der Waals surface area contributed by atoms with Crippen molar-refractivity contribution in [3.05, 3.63) is 78.1 Å². The highest BCUT2D eigenvalue weighted by atomic mass is 19.4. The summed E-state index contributed by atoms with van der Waals surface area (Å²) in [6.07, 6.45) is 0.00843. The topological polar surface area (TPSA) is 106 Å². The number of aromatic nitrogens is 5. The zero-order chi connectivity index (χ0) is 29.3. The Hall–Kier alpha value is -4.88. The lowest BCUT2D eigenvalue weighted by Crippen LogP contribution is -2.42. The van der Waals surface area contributed by atoms with Gasteiger partial charge in [-0.05, 0) is 42.1 Å². The lowest BCUT2D eigenvalue weighted by Gasteiger charge is -2.26. The molecule has 3 heterocycles. The number of amides is 2. The number of alkyl halides is 3. The lowest BCUT2D eigenvalue weighted by atomic mass is 10.1. The highest BCUT2D eigenvalue weighted by Gasteiger charge is 2.40. The van der Waals surface area contributed by atoms with Gasteiger partial charge in [0.05, 0.1) is 37.8 Å². The van der Waals surface area contributed by atoms with Crippen molar-refractivity contribution in [2.45, 2.75) is 25.1 Å². The van der Waals surface area contributed by atoms with Gasteiger partial charge < -0.3 is 9.64 Å². The van der Waals surface area contributed by atoms with E-state index in [9.17, 15) is 27.2 Å². The molecule has 1 N–H and O–H groups in total. The minimum absolute atomic E-state index is 0.0118. The Labute approximate surface area is 231 Å². The molecule has 0 fully saturated rings. The Morgan fingerprint density at radius 3 is 2.73 bits per heavy atom. The van der Waals surface area contributed by atoms with Gasteiger partial charge in [0.15, 0.2) is 0 Å². The molecule has 0 bridgehead atoms. The predicted octanol–water partition coefficient (Wildman–Crippen LogP) is 3.65. The van der Waals surface area contributed by atoms with Gasteiger partial charge in [-0.3, -0.25) is 14.9 Å². The first kappa shape index (κ1) is 27.7. The van der Waals surface area contributed by atoms with Crippen LogP contribution in [0.25, 0.3) is 11.3 Å². The molecule has 1 unspecified atom stereocenters. The molecule has 212 valence electrons. The Bertz CT molecular complexity index is 1610. The van der Waals surface area contributed by atoms with E-state index < -0.39 is 36.4 Å². The van der Waals surface area contributed by atoms with Gasteiger partial charge in [0.25, 0.3) is 24.0 Å². The van der Waals surface area contributed by atoms with Crippen LogP contribution in [0, 0.1) is 5.82 Å². The molecule has 0 aliphatic carbocycles. The van der Waals surface area contributed by atoms with Gasteiger partial charge in [-0.25, -0.2) is 13.6 Å². The molecule has 0 saturated heterocycles. The van der Waals surface area contributed by atoms with Crippen molar-refractivity contribution < 1.29 is 36.5 Å². The average Bonchev–Trinajstić information content (AvgIpc) is 3.38. The first-order valence-corrected chi connectivity index (χ1v) is 12.4. The summed E-state index contributed by atoms with van der Waals surface area (Å²) in [5.74, 6) is -1.45. The fourth-order valence-corrected chi connectivity index (χ4v) is 4.62. The largest absolute Gasteiger partial charge is 0.496 e. The number of nitrogens with zero attached hydrogens (tertiary/aromatic N) is 6. The summed E-state index contributed by atoms with van der Waals surface area (Å²) < 4.78 is 63.1. The number of benzene rings is 2. The van der Waals surface area contributed by atoms with Crippen LogP contribution < -0.4 is 19.5 Å². The predicted molar refractivity (Wildman–Crippen MR) is 138 cm³/mol. The van der Waals surface area contributed by atoms with E-state index in [0.29, 0.717) is 16.3 Å². The highest BCUT2D eigenvalue weighted by molar-refractivity contribution is 6.06. The molecule has 41 heavy (non-hydrogen) atoms. The van der Waals surface area contributed by atoms with E-state index in [4.69, 9.17) is 4.74 Å². The van der Waals surface area contributed by atoms with E-state index >= 15 is 0 Å². The van der Waals surface area contributed by atoms with Crippen LogP contribution in [-0.2, 0) is 18.3 Å². The number of rotatable bonds is 6. The molecule has 14 heteroatoms. The number of aryl methyl sites for hydroxylation is 1. The molecule has 2 amide bonds. The summed E-state index contributed by atoms with van der Waals surface area (Å²) in [4.78, 5) is 30.9. The third-order valence-corrected chi connectivity index (χ3v) is 6.60. The van der Waals surface area contributed by atoms with Crippen molar-refractivity contribution in [2.24, 2.45) is 7.05 Å². The lowest BCUT2D eigenvalue weighted by molar-refractivity contribution is -0.674. The Balaban J connectivity index is 1.41. The Kier molecular flexibility index (Phi) is 7.39. The van der Waals surface area contributed by atoms with Crippen LogP contribution in [0.2, 0.25) is 0 Å². The molecule has 2 aromatic carbocycles. The molecular formula is C27H24F4N7O3+. The van der Waals surface area contributed by atoms with E-state index in [-0.39, 0.29) is 41.1 Å². The van der Waals surface area contributed by atoms with E-state index in [1.54, 1.807) is 36.0 Å². The SMILES string of the molecule is COc1cc(-c2cn(C3CCc4c(F)cccc4N(CC(F)(F)F)C3=O)nn2)ccc1C(=O)Nc1cc[n+](C)cn1. The van der Waals surface area contributed by atoms with Crippen molar-refractivity contribution in [1.82, 2.24) is 20.0 Å². The number of nitrogens with one attached hydrogen (secondary N) is 1. The van der Waals surface area contributed by atoms with Crippen molar-refractivity contribution in [3.63, 3.8) is 0 Å². The van der Waals surface area contributed by atoms with Gasteiger partial charge in [0, 0.05) is 17.2 Å². The molecule has 1 atom stereocenters. The number of methoxy groups -OCH3 is 1. The van der Waals surface area contributed by atoms with Crippen LogP contribution in [0.5, 0.6) is 5.75 Å². The molecule has 0 saturated carbocycles. The summed E-state index contributed by atoms with van der Waals surface area (Å²) in [6, 6.07) is 8.87. The second-order valence-corrected chi connectivity index (χ2v) is 9.40. The molecule has 0 spiro atoms. The summed E-state index contributed by atoms with van der Waals surface area (Å²) in [7, 11) is 3.18. The van der Waals surface area contributed by atoms with Crippen LogP contribution in [0.1, 0.15) is 28.4 Å². The van der Waals surface area contributed by atoms with E-state index in [1.807, 2.05) is 0 Å². The van der Waals surface area contributed by atoms with Crippen LogP contribution >= 0.6 is 0 Å². The van der Waals surface area contributed by atoms with E-state index in [0.717, 1.165) is 6.07 Å². The first-order chi connectivity index (χ1) is 19.5. The number of anilines is 2. The summed E-state index contributed by atoms with van der Waals surface area (Å²) in [6.45, 7) is -1.57. The summed E-state index contributed by atoms with van der Waals surface area (Å²) in [5.41, 5.74) is 0.910. The van der Waals surface area contributed by atoms with Crippen molar-refractivity contribution >= 4 is 23.3 Å². The van der Waals surface area contributed by atoms with Crippen molar-refractivity contribution in [3.8, 4) is 17.0 Å². The minimum Gasteiger partial charge on any atom is -0.496 e. The van der Waals surface area contributed by atoms with Crippen LogP contribution in [-0.4, -0.2) is 51.6 Å². The Morgan fingerprint density at radius 1 is 1.22 bits per heavy atom. The monoisotopic (exact) mass is 570 g/mol. The number of hydrogen-bond donors (Lipinski definition) is 1. The minimum atomic E-state index is -4.71. The number of hydrogen-bond acceptors (Lipinski definition) is 6. The fraction of sp³-hybridized carbons (Fsp3) is 0.259. The number of carbonyl (C=O) groups is 2. The second kappa shape index (κ2) is 10.9. The maximum absolute atomic E-state index is 14.5. The van der Waals surface area contributed by atoms with Crippen LogP contribution in [0.15, 0.2) is 61.2 Å². The summed E-state index contributed by atoms with van der Waals surface area (Å²) >= 11 is 0. The number of carbonyl (C=O) groups excluding carboxylic acids is 2. The van der Waals surface area contributed by atoms with Gasteiger partial charge in [0.1, 0.15) is 29.8 Å². The molecule has 0 radical (unpaired) electrons. The molecule has 1 aliphatic heterocycles. The van der Waals surface area contributed by atoms with E-state index in [2.05, 4.69) is 20.6 Å². The van der Waals surface area contributed by atoms with Gasteiger partial charge >= 0.3 is 6.18 Å². The van der Waals surface area contributed by atoms with Crippen LogP contribution in [0.4, 0.5) is 29.1 Å². The number of halogens is 4. The standard InChI is InChI=1S/C27H23F4N7O3/c1-36-11-10-24(32-15-36)33-25(39)18-7-6-16(12-23(18)41-2)20-13-38(35-34-20)22-9-8-17-19(28)4-3-5-21(17)37(26(22)40)14-27(29,30)31/h3-7,10-13,15,22H,8-9,14H2,1-2H3/p+1. The normalized spacial score (nSPS) is 15.3. The van der Waals surface area contributed by atoms with Gasteiger partial charge in [-0.1, -0.05) is 17.3 Å². The molecule has 4 aromatic rings. The van der Waals surface area contributed by atoms with Gasteiger partial charge in [-0.15, -0.1) is 5.10 Å². The van der Waals surface area contributed by atoms with Crippen molar-refractivity contribution in [2.75, 3.05) is 23.9 Å². The van der Waals surface area contributed by atoms with Crippen molar-refractivity contribution in [1.29, 1.82) is 0 Å². The smallest absolute Gasteiger partial charge is 0.406 e. The maximum atomic E-state index is 14.5. The van der Waals surface area contributed by atoms with Gasteiger partial charge in [-0.2, -0.15) is 13.2 Å². The number of ether oxygens (including phenoxy) is 1.